The summed E-state index contributed by atoms with van der Waals surface area (Å²) in [6.07, 6.45) is 0.871. The lowest BCUT2D eigenvalue weighted by Crippen LogP contribution is -2.46. The van der Waals surface area contributed by atoms with Gasteiger partial charge in [-0.2, -0.15) is 8.78 Å². The summed E-state index contributed by atoms with van der Waals surface area (Å²) in [6, 6.07) is 5.81. The van der Waals surface area contributed by atoms with Crippen molar-refractivity contribution in [2.24, 2.45) is 0 Å². The second kappa shape index (κ2) is 10.5. The SMILES string of the molecule is CC(C)(C)NC(=O)CN1CCCN(CC(=O)Nc2ccc(OC(F)F)cc2)CC1. The Morgan fingerprint density at radius 3 is 2.07 bits per heavy atom. The molecule has 7 nitrogen and oxygen atoms in total. The Hall–Kier alpha value is -2.26. The van der Waals surface area contributed by atoms with Crippen LogP contribution in [0.3, 0.4) is 0 Å². The predicted octanol–water partition coefficient (Wildman–Crippen LogP) is 2.15. The maximum Gasteiger partial charge on any atom is 0.387 e. The van der Waals surface area contributed by atoms with Gasteiger partial charge in [0.25, 0.3) is 0 Å². The van der Waals surface area contributed by atoms with Crippen molar-refractivity contribution < 1.29 is 23.1 Å². The molecule has 0 spiro atoms. The molecule has 1 aliphatic heterocycles. The number of nitrogens with one attached hydrogen (secondary N) is 2. The first-order chi connectivity index (χ1) is 13.6. The summed E-state index contributed by atoms with van der Waals surface area (Å²) < 4.78 is 28.6. The minimum absolute atomic E-state index is 0.00274. The predicted molar refractivity (Wildman–Crippen MR) is 107 cm³/mol. The van der Waals surface area contributed by atoms with E-state index in [0.717, 1.165) is 19.5 Å². The molecule has 0 aromatic heterocycles. The summed E-state index contributed by atoms with van der Waals surface area (Å²) >= 11 is 0. The normalized spacial score (nSPS) is 16.3. The lowest BCUT2D eigenvalue weighted by Gasteiger charge is -2.25. The molecule has 2 rings (SSSR count). The molecule has 1 saturated heterocycles. The number of ether oxygens (including phenoxy) is 1. The van der Waals surface area contributed by atoms with Gasteiger partial charge in [-0.1, -0.05) is 0 Å². The molecule has 29 heavy (non-hydrogen) atoms. The van der Waals surface area contributed by atoms with Crippen LogP contribution in [0.1, 0.15) is 27.2 Å². The topological polar surface area (TPSA) is 73.9 Å². The highest BCUT2D eigenvalue weighted by molar-refractivity contribution is 5.92. The molecule has 9 heteroatoms. The molecule has 1 aromatic carbocycles. The van der Waals surface area contributed by atoms with Crippen LogP contribution in [0.2, 0.25) is 0 Å². The number of nitrogens with zero attached hydrogens (tertiary/aromatic N) is 2. The number of amides is 2. The van der Waals surface area contributed by atoms with E-state index in [1.807, 2.05) is 25.7 Å². The highest BCUT2D eigenvalue weighted by Crippen LogP contribution is 2.17. The fraction of sp³-hybridized carbons (Fsp3) is 0.600. The van der Waals surface area contributed by atoms with Crippen LogP contribution in [0.25, 0.3) is 0 Å². The minimum atomic E-state index is -2.88. The molecule has 162 valence electrons. The summed E-state index contributed by atoms with van der Waals surface area (Å²) in [4.78, 5) is 28.5. The first-order valence-electron chi connectivity index (χ1n) is 9.71. The van der Waals surface area contributed by atoms with Gasteiger partial charge in [0.15, 0.2) is 0 Å². The molecule has 1 heterocycles. The Bertz CT molecular complexity index is 677. The van der Waals surface area contributed by atoms with E-state index >= 15 is 0 Å². The van der Waals surface area contributed by atoms with Gasteiger partial charge in [0.05, 0.1) is 13.1 Å². The number of carbonyl (C=O) groups excluding carboxylic acids is 2. The maximum atomic E-state index is 12.3. The first-order valence-corrected chi connectivity index (χ1v) is 9.71. The molecule has 1 aliphatic rings. The van der Waals surface area contributed by atoms with Gasteiger partial charge in [-0.25, -0.2) is 0 Å². The highest BCUT2D eigenvalue weighted by Gasteiger charge is 2.20. The van der Waals surface area contributed by atoms with Gasteiger partial charge in [-0.3, -0.25) is 19.4 Å². The molecule has 0 aliphatic carbocycles. The zero-order valence-corrected chi connectivity index (χ0v) is 17.2. The second-order valence-electron chi connectivity index (χ2n) is 8.16. The number of carbonyl (C=O) groups is 2. The summed E-state index contributed by atoms with van der Waals surface area (Å²) in [6.45, 7) is 6.54. The molecule has 0 unspecified atom stereocenters. The van der Waals surface area contributed by atoms with E-state index in [4.69, 9.17) is 0 Å². The van der Waals surface area contributed by atoms with Crippen LogP contribution in [0, 0.1) is 0 Å². The van der Waals surface area contributed by atoms with Gasteiger partial charge in [-0.05, 0) is 64.5 Å². The van der Waals surface area contributed by atoms with Gasteiger partial charge < -0.3 is 15.4 Å². The van der Waals surface area contributed by atoms with Crippen LogP contribution in [0.5, 0.6) is 5.75 Å². The number of hydrogen-bond acceptors (Lipinski definition) is 5. The quantitative estimate of drug-likeness (QED) is 0.718. The largest absolute Gasteiger partial charge is 0.435 e. The van der Waals surface area contributed by atoms with Crippen LogP contribution in [-0.2, 0) is 9.59 Å². The zero-order valence-electron chi connectivity index (χ0n) is 17.2. The molecule has 0 atom stereocenters. The van der Waals surface area contributed by atoms with Crippen molar-refractivity contribution in [3.05, 3.63) is 24.3 Å². The first kappa shape index (κ1) is 23.0. The third-order valence-corrected chi connectivity index (χ3v) is 4.29. The number of halogens is 2. The Labute approximate surface area is 170 Å². The van der Waals surface area contributed by atoms with Crippen molar-refractivity contribution in [1.82, 2.24) is 15.1 Å². The standard InChI is InChI=1S/C20H30F2N4O3/c1-20(2,3)24-18(28)14-26-10-4-9-25(11-12-26)13-17(27)23-15-5-7-16(8-6-15)29-19(21)22/h5-8,19H,4,9-14H2,1-3H3,(H,23,27)(H,24,28). The van der Waals surface area contributed by atoms with Crippen molar-refractivity contribution in [2.45, 2.75) is 39.3 Å². The van der Waals surface area contributed by atoms with Crippen LogP contribution in [0.15, 0.2) is 24.3 Å². The third kappa shape index (κ3) is 9.19. The summed E-state index contributed by atoms with van der Waals surface area (Å²) in [5.74, 6) is -0.129. The number of anilines is 1. The average Bonchev–Trinajstić information content (AvgIpc) is 2.79. The van der Waals surface area contributed by atoms with E-state index in [0.29, 0.717) is 25.3 Å². The summed E-state index contributed by atoms with van der Waals surface area (Å²) in [7, 11) is 0. The Morgan fingerprint density at radius 1 is 1.00 bits per heavy atom. The molecular formula is C20H30F2N4O3. The van der Waals surface area contributed by atoms with E-state index in [1.165, 1.54) is 24.3 Å². The monoisotopic (exact) mass is 412 g/mol. The average molecular weight is 412 g/mol. The van der Waals surface area contributed by atoms with Crippen LogP contribution in [0.4, 0.5) is 14.5 Å². The van der Waals surface area contributed by atoms with Crippen LogP contribution < -0.4 is 15.4 Å². The fourth-order valence-electron chi connectivity index (χ4n) is 3.12. The fourth-order valence-corrected chi connectivity index (χ4v) is 3.12. The lowest BCUT2D eigenvalue weighted by atomic mass is 10.1. The second-order valence-corrected chi connectivity index (χ2v) is 8.16. The minimum Gasteiger partial charge on any atom is -0.435 e. The number of alkyl halides is 2. The smallest absolute Gasteiger partial charge is 0.387 e. The van der Waals surface area contributed by atoms with Crippen molar-refractivity contribution in [2.75, 3.05) is 44.6 Å². The lowest BCUT2D eigenvalue weighted by molar-refractivity contribution is -0.123. The molecule has 2 amide bonds. The Balaban J connectivity index is 1.76. The van der Waals surface area contributed by atoms with Gasteiger partial charge in [0.1, 0.15) is 5.75 Å². The van der Waals surface area contributed by atoms with Crippen LogP contribution in [-0.4, -0.2) is 73.0 Å². The molecule has 1 aromatic rings. The van der Waals surface area contributed by atoms with E-state index < -0.39 is 6.61 Å². The third-order valence-electron chi connectivity index (χ3n) is 4.29. The summed E-state index contributed by atoms with van der Waals surface area (Å²) in [5, 5.41) is 5.72. The van der Waals surface area contributed by atoms with E-state index in [2.05, 4.69) is 20.3 Å². The van der Waals surface area contributed by atoms with Crippen molar-refractivity contribution in [3.63, 3.8) is 0 Å². The molecule has 2 N–H and O–H groups in total. The van der Waals surface area contributed by atoms with Gasteiger partial charge >= 0.3 is 6.61 Å². The Kier molecular flexibility index (Phi) is 8.33. The van der Waals surface area contributed by atoms with E-state index in [9.17, 15) is 18.4 Å². The molecule has 0 radical (unpaired) electrons. The molecule has 0 bridgehead atoms. The number of hydrogen-bond donors (Lipinski definition) is 2. The van der Waals surface area contributed by atoms with Gasteiger partial charge in [0.2, 0.25) is 11.8 Å². The molecule has 0 saturated carbocycles. The Morgan fingerprint density at radius 2 is 1.55 bits per heavy atom. The highest BCUT2D eigenvalue weighted by atomic mass is 19.3. The van der Waals surface area contributed by atoms with Crippen molar-refractivity contribution in [1.29, 1.82) is 0 Å². The van der Waals surface area contributed by atoms with Gasteiger partial charge in [-0.15, -0.1) is 0 Å². The van der Waals surface area contributed by atoms with E-state index in [-0.39, 0.29) is 29.6 Å². The summed E-state index contributed by atoms with van der Waals surface area (Å²) in [5.41, 5.74) is 0.267. The zero-order chi connectivity index (χ0) is 21.4. The molecule has 1 fully saturated rings. The number of benzene rings is 1. The van der Waals surface area contributed by atoms with Gasteiger partial charge in [0, 0.05) is 24.3 Å². The van der Waals surface area contributed by atoms with Crippen LogP contribution >= 0.6 is 0 Å². The molecular weight excluding hydrogens is 382 g/mol. The maximum absolute atomic E-state index is 12.3. The number of rotatable bonds is 7. The van der Waals surface area contributed by atoms with Crippen molar-refractivity contribution in [3.8, 4) is 5.75 Å². The van der Waals surface area contributed by atoms with E-state index in [1.54, 1.807) is 0 Å². The van der Waals surface area contributed by atoms with Crippen molar-refractivity contribution >= 4 is 17.5 Å².